The van der Waals surface area contributed by atoms with Gasteiger partial charge in [-0.1, -0.05) is 18.2 Å². The van der Waals surface area contributed by atoms with Gasteiger partial charge in [0.05, 0.1) is 13.1 Å². The number of amides is 3. The number of nitrogens with zero attached hydrogens (tertiary/aromatic N) is 1. The third-order valence-corrected chi connectivity index (χ3v) is 6.02. The van der Waals surface area contributed by atoms with Crippen LogP contribution in [-0.2, 0) is 24.2 Å². The number of urea groups is 1. The molecule has 164 valence electrons. The zero-order valence-electron chi connectivity index (χ0n) is 17.5. The average molecular weight is 433 g/mol. The fourth-order valence-corrected chi connectivity index (χ4v) is 4.39. The molecule has 0 atom stereocenters. The van der Waals surface area contributed by atoms with E-state index in [4.69, 9.17) is 0 Å². The lowest BCUT2D eigenvalue weighted by Gasteiger charge is -2.27. The number of aromatic amines is 2. The fraction of sp³-hybridized carbons (Fsp3) is 0.250. The minimum atomic E-state index is -0.289. The molecule has 32 heavy (non-hydrogen) atoms. The van der Waals surface area contributed by atoms with Gasteiger partial charge in [-0.3, -0.25) is 4.79 Å². The summed E-state index contributed by atoms with van der Waals surface area (Å²) in [5.41, 5.74) is 5.19. The summed E-state index contributed by atoms with van der Waals surface area (Å²) in [6.07, 6.45) is 3.18. The van der Waals surface area contributed by atoms with Crippen molar-refractivity contribution >= 4 is 33.7 Å². The highest BCUT2D eigenvalue weighted by Gasteiger charge is 2.24. The molecule has 0 bridgehead atoms. The molecule has 4 N–H and O–H groups in total. The van der Waals surface area contributed by atoms with E-state index in [-0.39, 0.29) is 24.3 Å². The lowest BCUT2D eigenvalue weighted by molar-refractivity contribution is -0.120. The van der Waals surface area contributed by atoms with Crippen molar-refractivity contribution < 1.29 is 14.0 Å². The van der Waals surface area contributed by atoms with Crippen molar-refractivity contribution in [2.45, 2.75) is 19.4 Å². The molecule has 0 radical (unpaired) electrons. The number of benzene rings is 2. The van der Waals surface area contributed by atoms with E-state index in [0.717, 1.165) is 34.1 Å². The van der Waals surface area contributed by atoms with E-state index in [1.165, 1.54) is 23.1 Å². The van der Waals surface area contributed by atoms with Crippen molar-refractivity contribution in [1.82, 2.24) is 25.5 Å². The van der Waals surface area contributed by atoms with E-state index in [2.05, 4.69) is 26.7 Å². The van der Waals surface area contributed by atoms with Gasteiger partial charge >= 0.3 is 6.03 Å². The largest absolute Gasteiger partial charge is 0.361 e. The molecule has 5 rings (SSSR count). The second-order valence-electron chi connectivity index (χ2n) is 8.06. The molecule has 3 amide bonds. The van der Waals surface area contributed by atoms with Gasteiger partial charge < -0.3 is 25.5 Å². The summed E-state index contributed by atoms with van der Waals surface area (Å²) in [4.78, 5) is 32.9. The van der Waals surface area contributed by atoms with Gasteiger partial charge in [-0.05, 0) is 48.2 Å². The number of aromatic nitrogens is 2. The summed E-state index contributed by atoms with van der Waals surface area (Å²) >= 11 is 0. The Hall–Kier alpha value is -3.81. The van der Waals surface area contributed by atoms with Crippen LogP contribution in [0.1, 0.15) is 16.8 Å². The quantitative estimate of drug-likeness (QED) is 0.389. The minimum Gasteiger partial charge on any atom is -0.361 e. The molecule has 7 nitrogen and oxygen atoms in total. The van der Waals surface area contributed by atoms with Gasteiger partial charge in [-0.25, -0.2) is 9.18 Å². The Labute approximate surface area is 184 Å². The Kier molecular flexibility index (Phi) is 5.26. The second kappa shape index (κ2) is 8.37. The van der Waals surface area contributed by atoms with Crippen LogP contribution in [0.4, 0.5) is 9.18 Å². The predicted molar refractivity (Wildman–Crippen MR) is 121 cm³/mol. The molecule has 8 heteroatoms. The van der Waals surface area contributed by atoms with Crippen molar-refractivity contribution in [2.75, 3.05) is 19.6 Å². The number of hydrogen-bond donors (Lipinski definition) is 4. The topological polar surface area (TPSA) is 93.0 Å². The van der Waals surface area contributed by atoms with Gasteiger partial charge in [0, 0.05) is 46.8 Å². The predicted octanol–water partition coefficient (Wildman–Crippen LogP) is 3.21. The standard InChI is InChI=1S/C24H24FN5O2/c25-16-5-6-20-19(11-16)15(12-27-20)7-9-26-23(31)13-28-24(32)30-10-8-18-17-3-1-2-4-21(17)29-22(18)14-30/h1-6,11-12,27,29H,7-10,13-14H2,(H,26,31)(H,28,32). The van der Waals surface area contributed by atoms with E-state index in [9.17, 15) is 14.0 Å². The number of carbonyl (C=O) groups is 2. The monoisotopic (exact) mass is 433 g/mol. The highest BCUT2D eigenvalue weighted by molar-refractivity contribution is 5.87. The summed E-state index contributed by atoms with van der Waals surface area (Å²) in [5.74, 6) is -0.546. The number of para-hydroxylation sites is 1. The smallest absolute Gasteiger partial charge is 0.318 e. The Morgan fingerprint density at radius 2 is 1.94 bits per heavy atom. The Morgan fingerprint density at radius 1 is 1.06 bits per heavy atom. The van der Waals surface area contributed by atoms with Crippen LogP contribution in [0.2, 0.25) is 0 Å². The van der Waals surface area contributed by atoms with Crippen LogP contribution in [0.3, 0.4) is 0 Å². The molecule has 4 aromatic rings. The number of nitrogens with one attached hydrogen (secondary N) is 4. The number of halogens is 1. The fourth-order valence-electron chi connectivity index (χ4n) is 4.39. The zero-order valence-corrected chi connectivity index (χ0v) is 17.5. The van der Waals surface area contributed by atoms with Gasteiger partial charge in [0.15, 0.2) is 0 Å². The number of fused-ring (bicyclic) bond motifs is 4. The van der Waals surface area contributed by atoms with Gasteiger partial charge in [-0.2, -0.15) is 0 Å². The van der Waals surface area contributed by atoms with Crippen molar-refractivity contribution in [1.29, 1.82) is 0 Å². The van der Waals surface area contributed by atoms with Crippen molar-refractivity contribution in [3.63, 3.8) is 0 Å². The first-order chi connectivity index (χ1) is 15.6. The molecule has 2 aromatic heterocycles. The van der Waals surface area contributed by atoms with Crippen LogP contribution >= 0.6 is 0 Å². The van der Waals surface area contributed by atoms with Gasteiger partial charge in [0.2, 0.25) is 5.91 Å². The van der Waals surface area contributed by atoms with Crippen LogP contribution in [-0.4, -0.2) is 46.4 Å². The van der Waals surface area contributed by atoms with Crippen molar-refractivity contribution in [3.8, 4) is 0 Å². The van der Waals surface area contributed by atoms with Gasteiger partial charge in [0.25, 0.3) is 0 Å². The Bertz CT molecular complexity index is 1310. The Morgan fingerprint density at radius 3 is 2.84 bits per heavy atom. The third kappa shape index (κ3) is 3.91. The highest BCUT2D eigenvalue weighted by Crippen LogP contribution is 2.27. The minimum absolute atomic E-state index is 0.0859. The molecule has 0 fully saturated rings. The molecule has 0 spiro atoms. The molecule has 0 aliphatic carbocycles. The first kappa shape index (κ1) is 20.1. The number of H-pyrrole nitrogens is 2. The van der Waals surface area contributed by atoms with E-state index in [0.29, 0.717) is 26.1 Å². The molecule has 0 saturated carbocycles. The molecule has 1 aliphatic heterocycles. The summed E-state index contributed by atoms with van der Waals surface area (Å²) in [5, 5.41) is 7.53. The molecule has 1 aliphatic rings. The first-order valence-corrected chi connectivity index (χ1v) is 10.7. The molecular formula is C24H24FN5O2. The third-order valence-electron chi connectivity index (χ3n) is 6.02. The zero-order chi connectivity index (χ0) is 22.1. The van der Waals surface area contributed by atoms with E-state index in [1.807, 2.05) is 24.4 Å². The van der Waals surface area contributed by atoms with Crippen LogP contribution in [0.25, 0.3) is 21.8 Å². The SMILES string of the molecule is O=C(CNC(=O)N1CCc2c([nH]c3ccccc23)C1)NCCc1c[nH]c2ccc(F)cc12. The van der Waals surface area contributed by atoms with E-state index < -0.39 is 0 Å². The van der Waals surface area contributed by atoms with E-state index >= 15 is 0 Å². The lowest BCUT2D eigenvalue weighted by atomic mass is 10.0. The molecular weight excluding hydrogens is 409 g/mol. The van der Waals surface area contributed by atoms with Gasteiger partial charge in [0.1, 0.15) is 5.82 Å². The van der Waals surface area contributed by atoms with Crippen LogP contribution < -0.4 is 10.6 Å². The highest BCUT2D eigenvalue weighted by atomic mass is 19.1. The summed E-state index contributed by atoms with van der Waals surface area (Å²) in [7, 11) is 0. The number of hydrogen-bond acceptors (Lipinski definition) is 2. The maximum absolute atomic E-state index is 13.5. The van der Waals surface area contributed by atoms with Crippen LogP contribution in [0.5, 0.6) is 0 Å². The maximum atomic E-state index is 13.5. The van der Waals surface area contributed by atoms with Crippen molar-refractivity contribution in [3.05, 3.63) is 71.3 Å². The Balaban J connectivity index is 1.10. The molecule has 0 unspecified atom stereocenters. The molecule has 3 heterocycles. The van der Waals surface area contributed by atoms with E-state index in [1.54, 1.807) is 11.0 Å². The number of carbonyl (C=O) groups excluding carboxylic acids is 2. The summed E-state index contributed by atoms with van der Waals surface area (Å²) < 4.78 is 13.5. The van der Waals surface area contributed by atoms with Crippen LogP contribution in [0, 0.1) is 5.82 Å². The first-order valence-electron chi connectivity index (χ1n) is 10.7. The second-order valence-corrected chi connectivity index (χ2v) is 8.06. The molecule has 0 saturated heterocycles. The van der Waals surface area contributed by atoms with Crippen LogP contribution in [0.15, 0.2) is 48.7 Å². The molecule has 2 aromatic carbocycles. The average Bonchev–Trinajstić information content (AvgIpc) is 3.37. The number of rotatable bonds is 5. The van der Waals surface area contributed by atoms with Crippen molar-refractivity contribution in [2.24, 2.45) is 0 Å². The maximum Gasteiger partial charge on any atom is 0.318 e. The van der Waals surface area contributed by atoms with Gasteiger partial charge in [-0.15, -0.1) is 0 Å². The summed E-state index contributed by atoms with van der Waals surface area (Å²) in [6, 6.07) is 12.5. The normalized spacial score (nSPS) is 13.3. The lowest BCUT2D eigenvalue weighted by Crippen LogP contribution is -2.46. The summed E-state index contributed by atoms with van der Waals surface area (Å²) in [6.45, 7) is 1.42.